The number of para-hydroxylation sites is 2. The summed E-state index contributed by atoms with van der Waals surface area (Å²) in [5.41, 5.74) is 4.75. The van der Waals surface area contributed by atoms with Gasteiger partial charge in [0, 0.05) is 11.3 Å². The first-order chi connectivity index (χ1) is 15.6. The van der Waals surface area contributed by atoms with E-state index in [1.54, 1.807) is 23.4 Å². The lowest BCUT2D eigenvalue weighted by molar-refractivity contribution is 0.411. The monoisotopic (exact) mass is 442 g/mol. The number of hydrogen-bond acceptors (Lipinski definition) is 5. The number of fused-ring (bicyclic) bond motifs is 3. The summed E-state index contributed by atoms with van der Waals surface area (Å²) in [5, 5.41) is 10.3. The van der Waals surface area contributed by atoms with Gasteiger partial charge in [0.25, 0.3) is 5.56 Å². The Balaban J connectivity index is 1.71. The fourth-order valence-electron chi connectivity index (χ4n) is 3.97. The molecule has 0 atom stereocenters. The van der Waals surface area contributed by atoms with Crippen LogP contribution in [0, 0.1) is 13.8 Å². The van der Waals surface area contributed by atoms with E-state index in [4.69, 9.17) is 4.74 Å². The average Bonchev–Trinajstić information content (AvgIpc) is 3.23. The molecule has 5 aromatic rings. The van der Waals surface area contributed by atoms with E-state index >= 15 is 0 Å². The zero-order chi connectivity index (χ0) is 22.2. The summed E-state index contributed by atoms with van der Waals surface area (Å²) in [7, 11) is 1.68. The van der Waals surface area contributed by atoms with E-state index < -0.39 is 0 Å². The van der Waals surface area contributed by atoms with Crippen LogP contribution in [0.5, 0.6) is 5.75 Å². The maximum atomic E-state index is 13.5. The Hall–Kier alpha value is -3.58. The van der Waals surface area contributed by atoms with Gasteiger partial charge in [0.05, 0.1) is 23.7 Å². The number of aryl methyl sites for hydroxylation is 2. The van der Waals surface area contributed by atoms with Gasteiger partial charge in [0.2, 0.25) is 5.78 Å². The molecule has 0 amide bonds. The highest BCUT2D eigenvalue weighted by atomic mass is 32.2. The zero-order valence-corrected chi connectivity index (χ0v) is 18.9. The fourth-order valence-corrected chi connectivity index (χ4v) is 4.88. The molecule has 0 saturated carbocycles. The second-order valence-corrected chi connectivity index (χ2v) is 8.61. The molecule has 160 valence electrons. The third-order valence-electron chi connectivity index (χ3n) is 5.54. The van der Waals surface area contributed by atoms with Crippen molar-refractivity contribution in [1.82, 2.24) is 19.2 Å². The molecule has 0 aliphatic carbocycles. The SMILES string of the molecule is COc1ccc(C)cc1CSc1nnc2n(-c3ccccc3C)c(=O)c3ccccc3n12. The second kappa shape index (κ2) is 8.16. The first kappa shape index (κ1) is 20.3. The van der Waals surface area contributed by atoms with Gasteiger partial charge in [-0.15, -0.1) is 10.2 Å². The number of ether oxygens (including phenoxy) is 1. The lowest BCUT2D eigenvalue weighted by atomic mass is 10.1. The summed E-state index contributed by atoms with van der Waals surface area (Å²) in [4.78, 5) is 13.5. The van der Waals surface area contributed by atoms with Gasteiger partial charge in [-0.05, 0) is 43.7 Å². The number of benzene rings is 3. The van der Waals surface area contributed by atoms with Gasteiger partial charge < -0.3 is 4.74 Å². The van der Waals surface area contributed by atoms with Crippen molar-refractivity contribution in [3.8, 4) is 11.4 Å². The van der Waals surface area contributed by atoms with Crippen molar-refractivity contribution in [3.05, 3.63) is 93.8 Å². The molecule has 0 aliphatic heterocycles. The van der Waals surface area contributed by atoms with Gasteiger partial charge in [-0.2, -0.15) is 0 Å². The first-order valence-corrected chi connectivity index (χ1v) is 11.3. The topological polar surface area (TPSA) is 61.4 Å². The van der Waals surface area contributed by atoms with Crippen molar-refractivity contribution in [1.29, 1.82) is 0 Å². The predicted octanol–water partition coefficient (Wildman–Crippen LogP) is 4.95. The zero-order valence-electron chi connectivity index (χ0n) is 18.1. The number of hydrogen-bond donors (Lipinski definition) is 0. The highest BCUT2D eigenvalue weighted by Gasteiger charge is 2.19. The van der Waals surface area contributed by atoms with Gasteiger partial charge in [-0.1, -0.05) is 59.8 Å². The molecule has 0 radical (unpaired) electrons. The molecule has 0 spiro atoms. The molecule has 2 heterocycles. The van der Waals surface area contributed by atoms with Gasteiger partial charge in [-0.25, -0.2) is 4.57 Å². The van der Waals surface area contributed by atoms with Crippen LogP contribution < -0.4 is 10.3 Å². The molecule has 0 unspecified atom stereocenters. The normalized spacial score (nSPS) is 11.3. The van der Waals surface area contributed by atoms with Gasteiger partial charge in [-0.3, -0.25) is 9.20 Å². The molecule has 5 rings (SSSR count). The van der Waals surface area contributed by atoms with E-state index in [0.29, 0.717) is 16.9 Å². The molecule has 0 N–H and O–H groups in total. The van der Waals surface area contributed by atoms with E-state index in [1.807, 2.05) is 72.0 Å². The number of aromatic nitrogens is 4. The van der Waals surface area contributed by atoms with Crippen LogP contribution in [0.15, 0.2) is 76.7 Å². The van der Waals surface area contributed by atoms with Crippen molar-refractivity contribution in [2.75, 3.05) is 7.11 Å². The Kier molecular flexibility index (Phi) is 5.19. The number of rotatable bonds is 5. The maximum absolute atomic E-state index is 13.5. The summed E-state index contributed by atoms with van der Waals surface area (Å²) < 4.78 is 9.16. The molecular formula is C25H22N4O2S. The van der Waals surface area contributed by atoms with Crippen LogP contribution in [0.3, 0.4) is 0 Å². The largest absolute Gasteiger partial charge is 0.496 e. The number of nitrogens with zero attached hydrogens (tertiary/aromatic N) is 4. The third kappa shape index (κ3) is 3.35. The summed E-state index contributed by atoms with van der Waals surface area (Å²) in [5.74, 6) is 2.02. The van der Waals surface area contributed by atoms with Crippen LogP contribution in [0.25, 0.3) is 22.4 Å². The number of thioether (sulfide) groups is 1. The first-order valence-electron chi connectivity index (χ1n) is 10.3. The standard InChI is InChI=1S/C25H22N4O2S/c1-16-12-13-22(31-3)18(14-16)15-32-25-27-26-24-28(20-10-6-4-8-17(20)2)23(30)19-9-5-7-11-21(19)29(24)25/h4-14H,15H2,1-3H3. The van der Waals surface area contributed by atoms with Crippen molar-refractivity contribution in [3.63, 3.8) is 0 Å². The third-order valence-corrected chi connectivity index (χ3v) is 6.52. The minimum Gasteiger partial charge on any atom is -0.496 e. The molecular weight excluding hydrogens is 420 g/mol. The van der Waals surface area contributed by atoms with Crippen LogP contribution in [0.1, 0.15) is 16.7 Å². The lowest BCUT2D eigenvalue weighted by Crippen LogP contribution is -2.22. The van der Waals surface area contributed by atoms with Crippen LogP contribution in [-0.2, 0) is 5.75 Å². The minimum atomic E-state index is -0.105. The lowest BCUT2D eigenvalue weighted by Gasteiger charge is -2.13. The molecule has 6 nitrogen and oxygen atoms in total. The van der Waals surface area contributed by atoms with Crippen LogP contribution >= 0.6 is 11.8 Å². The summed E-state index contributed by atoms with van der Waals surface area (Å²) in [6, 6.07) is 21.6. The molecule has 32 heavy (non-hydrogen) atoms. The van der Waals surface area contributed by atoms with Crippen LogP contribution in [-0.4, -0.2) is 26.3 Å². The fraction of sp³-hybridized carbons (Fsp3) is 0.160. The molecule has 0 saturated heterocycles. The van der Waals surface area contributed by atoms with Gasteiger partial charge in [0.15, 0.2) is 5.16 Å². The van der Waals surface area contributed by atoms with Crippen molar-refractivity contribution in [2.24, 2.45) is 0 Å². The van der Waals surface area contributed by atoms with E-state index in [9.17, 15) is 4.79 Å². The van der Waals surface area contributed by atoms with Crippen molar-refractivity contribution >= 4 is 28.4 Å². The molecule has 2 aromatic heterocycles. The van der Waals surface area contributed by atoms with Crippen LogP contribution in [0.4, 0.5) is 0 Å². The van der Waals surface area contributed by atoms with Crippen molar-refractivity contribution in [2.45, 2.75) is 24.8 Å². The van der Waals surface area contributed by atoms with Crippen LogP contribution in [0.2, 0.25) is 0 Å². The minimum absolute atomic E-state index is 0.105. The second-order valence-electron chi connectivity index (χ2n) is 7.67. The maximum Gasteiger partial charge on any atom is 0.267 e. The predicted molar refractivity (Wildman–Crippen MR) is 128 cm³/mol. The Morgan fingerprint density at radius 1 is 0.969 bits per heavy atom. The highest BCUT2D eigenvalue weighted by molar-refractivity contribution is 7.98. The Morgan fingerprint density at radius 2 is 1.75 bits per heavy atom. The Morgan fingerprint density at radius 3 is 2.56 bits per heavy atom. The smallest absolute Gasteiger partial charge is 0.267 e. The quantitative estimate of drug-likeness (QED) is 0.360. The molecule has 0 bridgehead atoms. The van der Waals surface area contributed by atoms with E-state index in [2.05, 4.69) is 23.2 Å². The van der Waals surface area contributed by atoms with Gasteiger partial charge in [0.1, 0.15) is 5.75 Å². The van der Waals surface area contributed by atoms with Crippen molar-refractivity contribution < 1.29 is 4.74 Å². The summed E-state index contributed by atoms with van der Waals surface area (Å²) in [6.07, 6.45) is 0. The average molecular weight is 443 g/mol. The Labute approximate surface area is 189 Å². The molecule has 7 heteroatoms. The van der Waals surface area contributed by atoms with E-state index in [0.717, 1.165) is 33.2 Å². The molecule has 0 fully saturated rings. The molecule has 3 aromatic carbocycles. The van der Waals surface area contributed by atoms with E-state index in [-0.39, 0.29) is 5.56 Å². The highest BCUT2D eigenvalue weighted by Crippen LogP contribution is 2.30. The summed E-state index contributed by atoms with van der Waals surface area (Å²) >= 11 is 1.57. The van der Waals surface area contributed by atoms with E-state index in [1.165, 1.54) is 5.56 Å². The Bertz CT molecular complexity index is 1520. The molecule has 0 aliphatic rings. The van der Waals surface area contributed by atoms with Gasteiger partial charge >= 0.3 is 0 Å². The number of methoxy groups -OCH3 is 1. The summed E-state index contributed by atoms with van der Waals surface area (Å²) in [6.45, 7) is 4.05.